The minimum Gasteiger partial charge on any atom is -0.198 e. The van der Waals surface area contributed by atoms with Gasteiger partial charge in [0.25, 0.3) is 0 Å². The highest BCUT2D eigenvalue weighted by Crippen LogP contribution is 2.39. The smallest absolute Gasteiger partial charge is 0.0693 e. The van der Waals surface area contributed by atoms with Gasteiger partial charge in [-0.15, -0.1) is 0 Å². The zero-order valence-corrected chi connectivity index (χ0v) is 8.77. The fourth-order valence-electron chi connectivity index (χ4n) is 1.99. The van der Waals surface area contributed by atoms with Crippen LogP contribution in [0.2, 0.25) is 0 Å². The van der Waals surface area contributed by atoms with Gasteiger partial charge in [-0.2, -0.15) is 5.26 Å². The summed E-state index contributed by atoms with van der Waals surface area (Å²) in [4.78, 5) is 0. The molecule has 13 heavy (non-hydrogen) atoms. The minimum absolute atomic E-state index is 0.0183. The first-order valence-corrected chi connectivity index (χ1v) is 5.23. The highest BCUT2D eigenvalue weighted by atomic mass is 14.4. The highest BCUT2D eigenvalue weighted by molar-refractivity contribution is 5.07. The molecule has 1 aliphatic carbocycles. The van der Waals surface area contributed by atoms with Gasteiger partial charge in [0.15, 0.2) is 0 Å². The van der Waals surface area contributed by atoms with Crippen LogP contribution in [-0.2, 0) is 0 Å². The van der Waals surface area contributed by atoms with E-state index in [9.17, 15) is 5.26 Å². The van der Waals surface area contributed by atoms with Crippen molar-refractivity contribution >= 4 is 0 Å². The molecule has 0 aromatic carbocycles. The van der Waals surface area contributed by atoms with E-state index >= 15 is 0 Å². The second-order valence-electron chi connectivity index (χ2n) is 4.44. The van der Waals surface area contributed by atoms with Gasteiger partial charge in [0.2, 0.25) is 0 Å². The molecule has 0 unspecified atom stereocenters. The van der Waals surface area contributed by atoms with Crippen molar-refractivity contribution in [2.45, 2.75) is 52.4 Å². The van der Waals surface area contributed by atoms with Crippen LogP contribution in [0.25, 0.3) is 0 Å². The Hall–Kier alpha value is -0.770. The molecule has 0 bridgehead atoms. The molecule has 0 aromatic heterocycles. The quantitative estimate of drug-likeness (QED) is 0.588. The number of rotatable bonds is 2. The van der Waals surface area contributed by atoms with E-state index in [0.717, 1.165) is 19.3 Å². The van der Waals surface area contributed by atoms with Crippen LogP contribution in [0.1, 0.15) is 52.4 Å². The molecule has 0 saturated heterocycles. The lowest BCUT2D eigenvalue weighted by atomic mass is 9.73. The maximum atomic E-state index is 9.18. The Morgan fingerprint density at radius 2 is 1.92 bits per heavy atom. The van der Waals surface area contributed by atoms with Crippen molar-refractivity contribution in [3.63, 3.8) is 0 Å². The molecule has 0 heterocycles. The molecule has 1 rings (SSSR count). The van der Waals surface area contributed by atoms with Crippen LogP contribution in [0.5, 0.6) is 0 Å². The summed E-state index contributed by atoms with van der Waals surface area (Å²) in [6.45, 7) is 4.21. The largest absolute Gasteiger partial charge is 0.198 e. The van der Waals surface area contributed by atoms with Crippen LogP contribution in [0.15, 0.2) is 11.6 Å². The average Bonchev–Trinajstić information content (AvgIpc) is 2.16. The Morgan fingerprint density at radius 3 is 2.38 bits per heavy atom. The van der Waals surface area contributed by atoms with Crippen molar-refractivity contribution < 1.29 is 0 Å². The first-order chi connectivity index (χ1) is 6.18. The summed E-state index contributed by atoms with van der Waals surface area (Å²) in [7, 11) is 0. The van der Waals surface area contributed by atoms with E-state index in [2.05, 4.69) is 26.0 Å². The number of nitrogens with zero attached hydrogens (tertiary/aromatic N) is 1. The zero-order valence-electron chi connectivity index (χ0n) is 8.77. The topological polar surface area (TPSA) is 23.8 Å². The average molecular weight is 177 g/mol. The van der Waals surface area contributed by atoms with E-state index in [4.69, 9.17) is 0 Å². The van der Waals surface area contributed by atoms with Crippen LogP contribution in [-0.4, -0.2) is 0 Å². The maximum absolute atomic E-state index is 9.18. The standard InChI is InChI=1S/C12H19N/c1-11(2)6-9-12(10-13)7-4-3-5-8-12/h6H,3-5,7-9H2,1-2H3. The Morgan fingerprint density at radius 1 is 1.31 bits per heavy atom. The fraction of sp³-hybridized carbons (Fsp3) is 0.750. The Labute approximate surface area is 81.5 Å². The summed E-state index contributed by atoms with van der Waals surface area (Å²) in [5.41, 5.74) is 1.32. The van der Waals surface area contributed by atoms with Gasteiger partial charge in [0.05, 0.1) is 11.5 Å². The van der Waals surface area contributed by atoms with Gasteiger partial charge < -0.3 is 0 Å². The molecule has 0 atom stereocenters. The molecular weight excluding hydrogens is 158 g/mol. The zero-order chi connectivity index (χ0) is 9.73. The Bertz CT molecular complexity index is 222. The van der Waals surface area contributed by atoms with E-state index in [1.807, 2.05) is 0 Å². The maximum Gasteiger partial charge on any atom is 0.0693 e. The summed E-state index contributed by atoms with van der Waals surface area (Å²) >= 11 is 0. The number of allylic oxidation sites excluding steroid dienone is 2. The van der Waals surface area contributed by atoms with E-state index in [0.29, 0.717) is 0 Å². The van der Waals surface area contributed by atoms with Crippen molar-refractivity contribution in [2.24, 2.45) is 5.41 Å². The first-order valence-electron chi connectivity index (χ1n) is 5.23. The minimum atomic E-state index is -0.0183. The van der Waals surface area contributed by atoms with E-state index < -0.39 is 0 Å². The van der Waals surface area contributed by atoms with Crippen LogP contribution in [0.3, 0.4) is 0 Å². The predicted octanol–water partition coefficient (Wildman–Crippen LogP) is 3.82. The van der Waals surface area contributed by atoms with Gasteiger partial charge in [0.1, 0.15) is 0 Å². The van der Waals surface area contributed by atoms with Crippen molar-refractivity contribution in [3.05, 3.63) is 11.6 Å². The summed E-state index contributed by atoms with van der Waals surface area (Å²) in [5, 5.41) is 9.18. The van der Waals surface area contributed by atoms with Gasteiger partial charge >= 0.3 is 0 Å². The van der Waals surface area contributed by atoms with Crippen LogP contribution >= 0.6 is 0 Å². The molecule has 1 fully saturated rings. The van der Waals surface area contributed by atoms with Gasteiger partial charge in [-0.1, -0.05) is 30.9 Å². The lowest BCUT2D eigenvalue weighted by molar-refractivity contribution is 0.270. The van der Waals surface area contributed by atoms with Crippen molar-refractivity contribution in [3.8, 4) is 6.07 Å². The molecule has 1 heteroatoms. The van der Waals surface area contributed by atoms with Gasteiger partial charge in [-0.05, 0) is 33.1 Å². The third-order valence-electron chi connectivity index (χ3n) is 2.95. The summed E-state index contributed by atoms with van der Waals surface area (Å²) in [5.74, 6) is 0. The summed E-state index contributed by atoms with van der Waals surface area (Å²) in [6, 6.07) is 2.53. The molecule has 0 spiro atoms. The summed E-state index contributed by atoms with van der Waals surface area (Å²) < 4.78 is 0. The monoisotopic (exact) mass is 177 g/mol. The first kappa shape index (κ1) is 10.3. The molecule has 0 aromatic rings. The number of nitriles is 1. The Kier molecular flexibility index (Phi) is 3.54. The normalized spacial score (nSPS) is 20.4. The van der Waals surface area contributed by atoms with Gasteiger partial charge in [0, 0.05) is 0 Å². The molecule has 0 aliphatic heterocycles. The van der Waals surface area contributed by atoms with E-state index in [1.165, 1.54) is 24.8 Å². The number of hydrogen-bond donors (Lipinski definition) is 0. The fourth-order valence-corrected chi connectivity index (χ4v) is 1.99. The number of hydrogen-bond acceptors (Lipinski definition) is 1. The molecular formula is C12H19N. The second-order valence-corrected chi connectivity index (χ2v) is 4.44. The molecule has 0 N–H and O–H groups in total. The van der Waals surface area contributed by atoms with Crippen molar-refractivity contribution in [2.75, 3.05) is 0 Å². The molecule has 0 amide bonds. The molecule has 0 radical (unpaired) electrons. The SMILES string of the molecule is CC(C)=CCC1(C#N)CCCCC1. The Balaban J connectivity index is 2.59. The lowest BCUT2D eigenvalue weighted by Gasteiger charge is -2.29. The molecule has 1 aliphatic rings. The highest BCUT2D eigenvalue weighted by Gasteiger charge is 2.30. The van der Waals surface area contributed by atoms with Crippen LogP contribution in [0, 0.1) is 16.7 Å². The van der Waals surface area contributed by atoms with Gasteiger partial charge in [-0.25, -0.2) is 0 Å². The third-order valence-corrected chi connectivity index (χ3v) is 2.95. The van der Waals surface area contributed by atoms with Crippen molar-refractivity contribution in [1.82, 2.24) is 0 Å². The predicted molar refractivity (Wildman–Crippen MR) is 55.2 cm³/mol. The van der Waals surface area contributed by atoms with E-state index in [-0.39, 0.29) is 5.41 Å². The molecule has 1 saturated carbocycles. The third kappa shape index (κ3) is 2.88. The van der Waals surface area contributed by atoms with Gasteiger partial charge in [-0.3, -0.25) is 0 Å². The second kappa shape index (κ2) is 4.46. The van der Waals surface area contributed by atoms with Crippen molar-refractivity contribution in [1.29, 1.82) is 5.26 Å². The molecule has 1 nitrogen and oxygen atoms in total. The van der Waals surface area contributed by atoms with E-state index in [1.54, 1.807) is 0 Å². The lowest BCUT2D eigenvalue weighted by Crippen LogP contribution is -2.21. The molecule has 72 valence electrons. The van der Waals surface area contributed by atoms with Crippen LogP contribution in [0.4, 0.5) is 0 Å². The summed E-state index contributed by atoms with van der Waals surface area (Å²) in [6.07, 6.45) is 9.19. The van der Waals surface area contributed by atoms with Crippen LogP contribution < -0.4 is 0 Å².